The fourth-order valence-electron chi connectivity index (χ4n) is 3.67. The molecule has 0 saturated carbocycles. The van der Waals surface area contributed by atoms with E-state index in [2.05, 4.69) is 10.00 Å². The molecule has 0 atom stereocenters. The molecule has 2 aliphatic heterocycles. The van der Waals surface area contributed by atoms with Gasteiger partial charge in [-0.15, -0.1) is 0 Å². The molecule has 0 aromatic carbocycles. The van der Waals surface area contributed by atoms with Crippen LogP contribution in [-0.2, 0) is 22.9 Å². The third-order valence-corrected chi connectivity index (χ3v) is 5.97. The first-order chi connectivity index (χ1) is 12.4. The lowest BCUT2D eigenvalue weighted by Gasteiger charge is -2.44. The Kier molecular flexibility index (Phi) is 3.92. The quantitative estimate of drug-likeness (QED) is 0.756. The van der Waals surface area contributed by atoms with Crippen molar-refractivity contribution in [2.24, 2.45) is 7.05 Å². The van der Waals surface area contributed by atoms with Crippen molar-refractivity contribution < 1.29 is 14.4 Å². The van der Waals surface area contributed by atoms with Crippen LogP contribution < -0.4 is 11.0 Å². The van der Waals surface area contributed by atoms with E-state index in [0.717, 1.165) is 5.46 Å². The number of aromatic nitrogens is 3. The summed E-state index contributed by atoms with van der Waals surface area (Å²) in [5.74, 6) is 0.652. The summed E-state index contributed by atoms with van der Waals surface area (Å²) in [4.78, 5) is 14.9. The zero-order chi connectivity index (χ0) is 19.8. The van der Waals surface area contributed by atoms with Gasteiger partial charge in [0.2, 0.25) is 0 Å². The van der Waals surface area contributed by atoms with Crippen molar-refractivity contribution in [1.29, 1.82) is 0 Å². The Bertz CT molecular complexity index is 938. The molecule has 0 amide bonds. The molecule has 2 saturated heterocycles. The first kappa shape index (κ1) is 18.7. The summed E-state index contributed by atoms with van der Waals surface area (Å²) >= 11 is 0. The van der Waals surface area contributed by atoms with Crippen LogP contribution in [0.2, 0.25) is 0 Å². The Morgan fingerprint density at radius 2 is 1.78 bits per heavy atom. The van der Waals surface area contributed by atoms with Crippen LogP contribution in [0.3, 0.4) is 0 Å². The number of rotatable bonds is 3. The minimum Gasteiger partial charge on any atom is -0.399 e. The van der Waals surface area contributed by atoms with E-state index in [1.54, 1.807) is 28.4 Å². The van der Waals surface area contributed by atoms with Gasteiger partial charge in [-0.2, -0.15) is 5.10 Å². The molecule has 0 unspecified atom stereocenters. The molecule has 146 valence electrons. The normalized spacial score (nSPS) is 23.7. The highest BCUT2D eigenvalue weighted by molar-refractivity contribution is 6.62. The van der Waals surface area contributed by atoms with Crippen molar-refractivity contribution in [2.75, 3.05) is 13.1 Å². The first-order valence-electron chi connectivity index (χ1n) is 9.27. The summed E-state index contributed by atoms with van der Waals surface area (Å²) in [5, 5.41) is 14.5. The van der Waals surface area contributed by atoms with E-state index >= 15 is 0 Å². The summed E-state index contributed by atoms with van der Waals surface area (Å²) in [5.41, 5.74) is -0.382. The first-order valence-corrected chi connectivity index (χ1v) is 9.27. The molecular weight excluding hydrogens is 347 g/mol. The van der Waals surface area contributed by atoms with Crippen molar-refractivity contribution in [3.8, 4) is 0 Å². The number of hydrogen-bond donors (Lipinski definition) is 1. The third kappa shape index (κ3) is 3.02. The molecule has 1 N–H and O–H groups in total. The second-order valence-corrected chi connectivity index (χ2v) is 9.11. The van der Waals surface area contributed by atoms with Gasteiger partial charge in [0.25, 0.3) is 5.56 Å². The van der Waals surface area contributed by atoms with Gasteiger partial charge in [0, 0.05) is 31.8 Å². The molecule has 0 radical (unpaired) electrons. The lowest BCUT2D eigenvalue weighted by atomic mass is 9.81. The summed E-state index contributed by atoms with van der Waals surface area (Å²) in [6.07, 6.45) is 1.80. The smallest absolute Gasteiger partial charge is 0.399 e. The molecule has 27 heavy (non-hydrogen) atoms. The summed E-state index contributed by atoms with van der Waals surface area (Å²) in [7, 11) is 1.19. The zero-order valence-electron chi connectivity index (χ0n) is 16.8. The van der Waals surface area contributed by atoms with Gasteiger partial charge in [-0.25, -0.2) is 4.52 Å². The fraction of sp³-hybridized carbons (Fsp3) is 0.667. The van der Waals surface area contributed by atoms with Crippen LogP contribution in [0.1, 0.15) is 40.4 Å². The molecule has 2 aromatic rings. The lowest BCUT2D eigenvalue weighted by Crippen LogP contribution is -2.59. The van der Waals surface area contributed by atoms with Gasteiger partial charge >= 0.3 is 7.12 Å². The lowest BCUT2D eigenvalue weighted by molar-refractivity contribution is -0.0885. The van der Waals surface area contributed by atoms with Crippen LogP contribution in [0.25, 0.3) is 5.52 Å². The van der Waals surface area contributed by atoms with Crippen LogP contribution in [0.15, 0.2) is 17.1 Å². The largest absolute Gasteiger partial charge is 0.496 e. The minimum atomic E-state index is -0.652. The number of β-amino-alcohol motifs (C(OH)–C–C–N with tert-alkyl or cyclic N) is 1. The van der Waals surface area contributed by atoms with Gasteiger partial charge in [-0.1, -0.05) is 0 Å². The number of hydrogen-bond acceptors (Lipinski definition) is 6. The number of nitrogens with zero attached hydrogens (tertiary/aromatic N) is 4. The fourth-order valence-corrected chi connectivity index (χ4v) is 3.67. The second-order valence-electron chi connectivity index (χ2n) is 9.11. The predicted octanol–water partition coefficient (Wildman–Crippen LogP) is -0.101. The van der Waals surface area contributed by atoms with Crippen LogP contribution >= 0.6 is 0 Å². The second kappa shape index (κ2) is 5.67. The van der Waals surface area contributed by atoms with Gasteiger partial charge in [0.05, 0.1) is 23.3 Å². The molecule has 8 nitrogen and oxygen atoms in total. The van der Waals surface area contributed by atoms with Crippen molar-refractivity contribution in [2.45, 2.75) is 58.0 Å². The molecule has 0 aliphatic carbocycles. The average molecular weight is 374 g/mol. The number of likely N-dealkylation sites (tertiary alicyclic amines) is 1. The van der Waals surface area contributed by atoms with Gasteiger partial charge in [-0.05, 0) is 40.7 Å². The van der Waals surface area contributed by atoms with Crippen molar-refractivity contribution in [1.82, 2.24) is 19.1 Å². The Balaban J connectivity index is 1.65. The molecule has 2 aromatic heterocycles. The zero-order valence-corrected chi connectivity index (χ0v) is 16.8. The van der Waals surface area contributed by atoms with E-state index in [0.29, 0.717) is 31.0 Å². The van der Waals surface area contributed by atoms with E-state index in [1.807, 2.05) is 34.6 Å². The summed E-state index contributed by atoms with van der Waals surface area (Å²) in [6.45, 7) is 11.5. The van der Waals surface area contributed by atoms with E-state index < -0.39 is 23.9 Å². The Morgan fingerprint density at radius 1 is 1.19 bits per heavy atom. The molecule has 2 aliphatic rings. The van der Waals surface area contributed by atoms with E-state index in [9.17, 15) is 9.90 Å². The molecule has 0 bridgehead atoms. The van der Waals surface area contributed by atoms with Crippen molar-refractivity contribution in [3.63, 3.8) is 0 Å². The van der Waals surface area contributed by atoms with E-state index in [1.165, 1.54) is 0 Å². The van der Waals surface area contributed by atoms with Gasteiger partial charge in [0.1, 0.15) is 11.3 Å². The van der Waals surface area contributed by atoms with Gasteiger partial charge in [0.15, 0.2) is 0 Å². The SMILES string of the molecule is Cn1c(CN2CC(C)(O)C2)nn2cc(B3OC(C)(C)C(C)(C)O3)cc2c1=O. The average Bonchev–Trinajstić information content (AvgIpc) is 3.01. The maximum atomic E-state index is 12.8. The molecule has 0 spiro atoms. The van der Waals surface area contributed by atoms with Crippen LogP contribution in [0, 0.1) is 0 Å². The van der Waals surface area contributed by atoms with Gasteiger partial charge < -0.3 is 14.4 Å². The predicted molar refractivity (Wildman–Crippen MR) is 102 cm³/mol. The molecule has 4 heterocycles. The maximum absolute atomic E-state index is 12.8. The Morgan fingerprint density at radius 3 is 2.33 bits per heavy atom. The van der Waals surface area contributed by atoms with Crippen molar-refractivity contribution in [3.05, 3.63) is 28.4 Å². The Labute approximate surface area is 158 Å². The monoisotopic (exact) mass is 374 g/mol. The standard InChI is InChI=1S/C18H27BN4O4/c1-16(2)17(3,4)27-19(26-16)12-7-13-15(24)21(6)14(20-23(13)8-12)9-22-10-18(5,25)11-22/h7-8,25H,9-11H2,1-6H3. The van der Waals surface area contributed by atoms with E-state index in [4.69, 9.17) is 9.31 Å². The highest BCUT2D eigenvalue weighted by atomic mass is 16.7. The molecular formula is C18H27BN4O4. The highest BCUT2D eigenvalue weighted by Gasteiger charge is 2.52. The number of fused-ring (bicyclic) bond motifs is 1. The summed E-state index contributed by atoms with van der Waals surface area (Å²) in [6, 6.07) is 1.79. The molecule has 4 rings (SSSR count). The van der Waals surface area contributed by atoms with Gasteiger partial charge in [-0.3, -0.25) is 14.3 Å². The molecule has 2 fully saturated rings. The third-order valence-electron chi connectivity index (χ3n) is 5.97. The Hall–Kier alpha value is -1.68. The van der Waals surface area contributed by atoms with Crippen LogP contribution in [0.5, 0.6) is 0 Å². The highest BCUT2D eigenvalue weighted by Crippen LogP contribution is 2.36. The summed E-state index contributed by atoms with van der Waals surface area (Å²) < 4.78 is 15.3. The minimum absolute atomic E-state index is 0.116. The van der Waals surface area contributed by atoms with Crippen LogP contribution in [0.4, 0.5) is 0 Å². The number of aliphatic hydroxyl groups is 1. The molecule has 9 heteroatoms. The van der Waals surface area contributed by atoms with Crippen LogP contribution in [-0.4, -0.2) is 61.2 Å². The van der Waals surface area contributed by atoms with E-state index in [-0.39, 0.29) is 5.56 Å². The van der Waals surface area contributed by atoms with Crippen molar-refractivity contribution >= 4 is 18.1 Å². The maximum Gasteiger partial charge on any atom is 0.496 e. The topological polar surface area (TPSA) is 81.2 Å².